The van der Waals surface area contributed by atoms with Gasteiger partial charge in [-0.1, -0.05) is 26.8 Å². The number of carbonyl (C=O) groups is 1. The van der Waals surface area contributed by atoms with Gasteiger partial charge < -0.3 is 11.1 Å². The minimum absolute atomic E-state index is 0.0976. The van der Waals surface area contributed by atoms with E-state index in [1.54, 1.807) is 23.1 Å². The number of nitrogens with one attached hydrogen (secondary N) is 1. The van der Waals surface area contributed by atoms with Crippen molar-refractivity contribution in [3.05, 3.63) is 22.4 Å². The van der Waals surface area contributed by atoms with Gasteiger partial charge in [-0.25, -0.2) is 0 Å². The maximum Gasteiger partial charge on any atom is 0.230 e. The van der Waals surface area contributed by atoms with E-state index in [1.165, 1.54) is 4.88 Å². The van der Waals surface area contributed by atoms with Gasteiger partial charge >= 0.3 is 0 Å². The first-order chi connectivity index (χ1) is 9.04. The van der Waals surface area contributed by atoms with E-state index in [0.29, 0.717) is 11.7 Å². The number of rotatable bonds is 8. The summed E-state index contributed by atoms with van der Waals surface area (Å²) in [7, 11) is 0. The Morgan fingerprint density at radius 1 is 1.53 bits per heavy atom. The maximum absolute atomic E-state index is 12.0. The molecule has 19 heavy (non-hydrogen) atoms. The molecular weight excluding hydrogens is 276 g/mol. The molecule has 3 N–H and O–H groups in total. The average Bonchev–Trinajstić information content (AvgIpc) is 2.88. The molecule has 0 radical (unpaired) electrons. The van der Waals surface area contributed by atoms with Gasteiger partial charge in [-0.2, -0.15) is 11.8 Å². The third kappa shape index (κ3) is 5.97. The molecule has 0 saturated heterocycles. The molecule has 3 nitrogen and oxygen atoms in total. The number of thiophene rings is 1. The standard InChI is InChI=1S/C14H24N2OS2/c1-4-11(15)8-18-9-13(17)16-14(10(2)3)12-6-5-7-19-12/h5-7,10-11,14H,4,8-9,15H2,1-3H3,(H,16,17). The fourth-order valence-corrected chi connectivity index (χ4v) is 3.54. The van der Waals surface area contributed by atoms with Crippen LogP contribution >= 0.6 is 23.1 Å². The van der Waals surface area contributed by atoms with Gasteiger partial charge in [0.05, 0.1) is 11.8 Å². The van der Waals surface area contributed by atoms with Crippen molar-refractivity contribution in [1.29, 1.82) is 0 Å². The Kier molecular flexibility index (Phi) is 7.49. The van der Waals surface area contributed by atoms with Crippen LogP contribution in [0.15, 0.2) is 17.5 Å². The van der Waals surface area contributed by atoms with Crippen molar-refractivity contribution in [3.63, 3.8) is 0 Å². The first-order valence-electron chi connectivity index (χ1n) is 6.70. The molecule has 0 aliphatic rings. The third-order valence-corrected chi connectivity index (χ3v) is 5.01. The van der Waals surface area contributed by atoms with Crippen LogP contribution in [0.2, 0.25) is 0 Å². The van der Waals surface area contributed by atoms with E-state index in [0.717, 1.165) is 12.2 Å². The fourth-order valence-electron chi connectivity index (χ4n) is 1.67. The van der Waals surface area contributed by atoms with Crippen LogP contribution in [-0.4, -0.2) is 23.5 Å². The van der Waals surface area contributed by atoms with Crippen LogP contribution in [0.4, 0.5) is 0 Å². The van der Waals surface area contributed by atoms with Crippen LogP contribution in [0, 0.1) is 5.92 Å². The summed E-state index contributed by atoms with van der Waals surface area (Å²) in [6, 6.07) is 4.41. The summed E-state index contributed by atoms with van der Waals surface area (Å²) in [4.78, 5) is 13.2. The van der Waals surface area contributed by atoms with E-state index >= 15 is 0 Å². The van der Waals surface area contributed by atoms with E-state index in [9.17, 15) is 4.79 Å². The first-order valence-corrected chi connectivity index (χ1v) is 8.74. The molecule has 0 spiro atoms. The Morgan fingerprint density at radius 3 is 2.79 bits per heavy atom. The second-order valence-electron chi connectivity index (χ2n) is 4.99. The summed E-state index contributed by atoms with van der Waals surface area (Å²) >= 11 is 3.30. The lowest BCUT2D eigenvalue weighted by Crippen LogP contribution is -2.33. The molecule has 0 aliphatic heterocycles. The fraction of sp³-hybridized carbons (Fsp3) is 0.643. The molecule has 1 amide bonds. The average molecular weight is 300 g/mol. The van der Waals surface area contributed by atoms with Gasteiger partial charge in [0.1, 0.15) is 0 Å². The Bertz CT molecular complexity index is 366. The molecule has 1 aromatic heterocycles. The molecule has 5 heteroatoms. The lowest BCUT2D eigenvalue weighted by Gasteiger charge is -2.21. The number of amides is 1. The topological polar surface area (TPSA) is 55.1 Å². The molecule has 2 atom stereocenters. The van der Waals surface area contributed by atoms with Gasteiger partial charge in [0.25, 0.3) is 0 Å². The largest absolute Gasteiger partial charge is 0.348 e. The van der Waals surface area contributed by atoms with Gasteiger partial charge in [-0.15, -0.1) is 11.3 Å². The third-order valence-electron chi connectivity index (χ3n) is 2.92. The summed E-state index contributed by atoms with van der Waals surface area (Å²) in [5.41, 5.74) is 5.83. The Morgan fingerprint density at radius 2 is 2.26 bits per heavy atom. The Balaban J connectivity index is 2.40. The lowest BCUT2D eigenvalue weighted by atomic mass is 10.0. The number of carbonyl (C=O) groups excluding carboxylic acids is 1. The molecule has 108 valence electrons. The molecule has 2 unspecified atom stereocenters. The molecule has 0 aliphatic carbocycles. The van der Waals surface area contributed by atoms with Gasteiger partial charge in [-0.3, -0.25) is 4.79 Å². The molecule has 1 rings (SSSR count). The molecule has 1 heterocycles. The van der Waals surface area contributed by atoms with Crippen LogP contribution in [0.3, 0.4) is 0 Å². The van der Waals surface area contributed by atoms with E-state index in [4.69, 9.17) is 5.73 Å². The highest BCUT2D eigenvalue weighted by atomic mass is 32.2. The summed E-state index contributed by atoms with van der Waals surface area (Å²) < 4.78 is 0. The number of hydrogen-bond acceptors (Lipinski definition) is 4. The minimum atomic E-state index is 0.0976. The summed E-state index contributed by atoms with van der Waals surface area (Å²) in [5, 5.41) is 5.17. The van der Waals surface area contributed by atoms with Crippen molar-refractivity contribution in [2.75, 3.05) is 11.5 Å². The van der Waals surface area contributed by atoms with Gasteiger partial charge in [0.2, 0.25) is 5.91 Å². The van der Waals surface area contributed by atoms with Crippen LogP contribution < -0.4 is 11.1 Å². The second-order valence-corrected chi connectivity index (χ2v) is 7.00. The number of nitrogens with two attached hydrogens (primary N) is 1. The normalized spacial score (nSPS) is 14.4. The first kappa shape index (κ1) is 16.5. The molecule has 0 bridgehead atoms. The van der Waals surface area contributed by atoms with E-state index < -0.39 is 0 Å². The van der Waals surface area contributed by atoms with Crippen LogP contribution in [-0.2, 0) is 4.79 Å². The van der Waals surface area contributed by atoms with Crippen molar-refractivity contribution in [2.24, 2.45) is 11.7 Å². The van der Waals surface area contributed by atoms with Crippen molar-refractivity contribution >= 4 is 29.0 Å². The highest BCUT2D eigenvalue weighted by Crippen LogP contribution is 2.25. The van der Waals surface area contributed by atoms with Crippen molar-refractivity contribution in [2.45, 2.75) is 39.3 Å². The van der Waals surface area contributed by atoms with Gasteiger partial charge in [0, 0.05) is 16.7 Å². The van der Waals surface area contributed by atoms with Gasteiger partial charge in [0.15, 0.2) is 0 Å². The molecule has 0 aromatic carbocycles. The summed E-state index contributed by atoms with van der Waals surface area (Å²) in [5.74, 6) is 1.82. The zero-order chi connectivity index (χ0) is 14.3. The molecule has 1 aromatic rings. The quantitative estimate of drug-likeness (QED) is 0.776. The number of thioether (sulfide) groups is 1. The monoisotopic (exact) mass is 300 g/mol. The minimum Gasteiger partial charge on any atom is -0.348 e. The zero-order valence-electron chi connectivity index (χ0n) is 11.9. The highest BCUT2D eigenvalue weighted by Gasteiger charge is 2.19. The zero-order valence-corrected chi connectivity index (χ0v) is 13.5. The molecular formula is C14H24N2OS2. The van der Waals surface area contributed by atoms with E-state index in [2.05, 4.69) is 32.2 Å². The van der Waals surface area contributed by atoms with Crippen molar-refractivity contribution < 1.29 is 4.79 Å². The summed E-state index contributed by atoms with van der Waals surface area (Å²) in [6.07, 6.45) is 0.957. The lowest BCUT2D eigenvalue weighted by molar-refractivity contribution is -0.119. The Hall–Kier alpha value is -0.520. The smallest absolute Gasteiger partial charge is 0.230 e. The van der Waals surface area contributed by atoms with E-state index in [-0.39, 0.29) is 18.0 Å². The van der Waals surface area contributed by atoms with E-state index in [1.807, 2.05) is 11.4 Å². The Labute approximate surface area is 124 Å². The SMILES string of the molecule is CCC(N)CSCC(=O)NC(c1cccs1)C(C)C. The second kappa shape index (κ2) is 8.61. The highest BCUT2D eigenvalue weighted by molar-refractivity contribution is 7.99. The predicted molar refractivity (Wildman–Crippen MR) is 85.6 cm³/mol. The maximum atomic E-state index is 12.0. The predicted octanol–water partition coefficient (Wildman–Crippen LogP) is 3.03. The van der Waals surface area contributed by atoms with Crippen molar-refractivity contribution in [1.82, 2.24) is 5.32 Å². The van der Waals surface area contributed by atoms with Crippen LogP contribution in [0.1, 0.15) is 38.1 Å². The van der Waals surface area contributed by atoms with Gasteiger partial charge in [-0.05, 0) is 23.8 Å². The van der Waals surface area contributed by atoms with Crippen LogP contribution in [0.25, 0.3) is 0 Å². The summed E-state index contributed by atoms with van der Waals surface area (Å²) in [6.45, 7) is 6.33. The van der Waals surface area contributed by atoms with Crippen molar-refractivity contribution in [3.8, 4) is 0 Å². The molecule has 0 fully saturated rings. The number of hydrogen-bond donors (Lipinski definition) is 2. The van der Waals surface area contributed by atoms with Crippen LogP contribution in [0.5, 0.6) is 0 Å². The molecule has 0 saturated carbocycles.